The van der Waals surface area contributed by atoms with Crippen molar-refractivity contribution in [2.45, 2.75) is 25.7 Å². The van der Waals surface area contributed by atoms with Crippen LogP contribution < -0.4 is 10.1 Å². The van der Waals surface area contributed by atoms with Gasteiger partial charge in [0.1, 0.15) is 5.75 Å². The van der Waals surface area contributed by atoms with E-state index in [-0.39, 0.29) is 6.04 Å². The van der Waals surface area contributed by atoms with Gasteiger partial charge in [0.25, 0.3) is 0 Å². The Morgan fingerprint density at radius 2 is 2.00 bits per heavy atom. The van der Waals surface area contributed by atoms with Crippen LogP contribution in [0.5, 0.6) is 5.75 Å². The molecule has 0 unspecified atom stereocenters. The van der Waals surface area contributed by atoms with Crippen molar-refractivity contribution in [3.05, 3.63) is 23.2 Å². The van der Waals surface area contributed by atoms with Crippen LogP contribution in [0.2, 0.25) is 5.02 Å². The number of benzene rings is 1. The van der Waals surface area contributed by atoms with Crippen LogP contribution in [0.25, 0.3) is 0 Å². The van der Waals surface area contributed by atoms with E-state index in [1.165, 1.54) is 0 Å². The maximum absolute atomic E-state index is 6.13. The molecule has 2 rings (SSSR count). The van der Waals surface area contributed by atoms with Gasteiger partial charge in [-0.25, -0.2) is 0 Å². The molecule has 0 radical (unpaired) electrons. The zero-order valence-electron chi connectivity index (χ0n) is 10.8. The topological polar surface area (TPSA) is 39.7 Å². The van der Waals surface area contributed by atoms with Crippen LogP contribution in [0, 0.1) is 0 Å². The summed E-state index contributed by atoms with van der Waals surface area (Å²) in [5.74, 6) is 0.260. The van der Waals surface area contributed by atoms with Crippen molar-refractivity contribution in [3.8, 4) is 5.75 Å². The fourth-order valence-electron chi connectivity index (χ4n) is 1.74. The Balaban J connectivity index is 2.01. The van der Waals surface area contributed by atoms with Crippen molar-refractivity contribution in [3.63, 3.8) is 0 Å². The smallest absolute Gasteiger partial charge is 0.162 e. The van der Waals surface area contributed by atoms with E-state index in [1.807, 2.05) is 26.0 Å². The highest BCUT2D eigenvalue weighted by atomic mass is 35.5. The van der Waals surface area contributed by atoms with Gasteiger partial charge in [-0.3, -0.25) is 0 Å². The van der Waals surface area contributed by atoms with Crippen LogP contribution in [0.4, 0.5) is 5.69 Å². The third kappa shape index (κ3) is 3.28. The zero-order chi connectivity index (χ0) is 13.2. The van der Waals surface area contributed by atoms with Crippen LogP contribution in [0.1, 0.15) is 13.8 Å². The minimum atomic E-state index is -0.504. The third-order valence-electron chi connectivity index (χ3n) is 2.80. The summed E-state index contributed by atoms with van der Waals surface area (Å²) in [6.45, 7) is 4.98. The first-order valence-corrected chi connectivity index (χ1v) is 6.26. The van der Waals surface area contributed by atoms with Gasteiger partial charge >= 0.3 is 0 Å². The maximum Gasteiger partial charge on any atom is 0.162 e. The fourth-order valence-corrected chi connectivity index (χ4v) is 1.91. The molecule has 0 amide bonds. The molecule has 100 valence electrons. The molecule has 0 bridgehead atoms. The first-order valence-electron chi connectivity index (χ1n) is 5.88. The van der Waals surface area contributed by atoms with Gasteiger partial charge in [-0.1, -0.05) is 11.6 Å². The second-order valence-corrected chi connectivity index (χ2v) is 5.12. The van der Waals surface area contributed by atoms with Gasteiger partial charge in [-0.05, 0) is 26.0 Å². The van der Waals surface area contributed by atoms with Crippen molar-refractivity contribution in [1.82, 2.24) is 0 Å². The number of anilines is 1. The van der Waals surface area contributed by atoms with Gasteiger partial charge in [0.2, 0.25) is 0 Å². The molecule has 1 aliphatic heterocycles. The zero-order valence-corrected chi connectivity index (χ0v) is 11.6. The second-order valence-electron chi connectivity index (χ2n) is 4.71. The molecule has 18 heavy (non-hydrogen) atoms. The van der Waals surface area contributed by atoms with E-state index in [0.717, 1.165) is 11.4 Å². The molecule has 0 spiro atoms. The van der Waals surface area contributed by atoms with Crippen molar-refractivity contribution >= 4 is 17.3 Å². The van der Waals surface area contributed by atoms with Gasteiger partial charge in [-0.2, -0.15) is 0 Å². The minimum Gasteiger partial charge on any atom is -0.497 e. The molecule has 0 aromatic heterocycles. The molecule has 1 fully saturated rings. The Bertz CT molecular complexity index is 413. The molecule has 1 aromatic carbocycles. The summed E-state index contributed by atoms with van der Waals surface area (Å²) < 4.78 is 16.3. The molecule has 5 heteroatoms. The molecule has 1 aromatic rings. The average molecular weight is 272 g/mol. The largest absolute Gasteiger partial charge is 0.497 e. The highest BCUT2D eigenvalue weighted by Gasteiger charge is 2.28. The van der Waals surface area contributed by atoms with E-state index < -0.39 is 5.79 Å². The first-order chi connectivity index (χ1) is 8.50. The minimum absolute atomic E-state index is 0.0858. The summed E-state index contributed by atoms with van der Waals surface area (Å²) in [6, 6.07) is 5.58. The lowest BCUT2D eigenvalue weighted by Crippen LogP contribution is -2.45. The van der Waals surface area contributed by atoms with Crippen molar-refractivity contribution in [2.24, 2.45) is 0 Å². The fraction of sp³-hybridized carbons (Fsp3) is 0.538. The molecule has 0 aliphatic carbocycles. The summed E-state index contributed by atoms with van der Waals surface area (Å²) in [4.78, 5) is 0. The lowest BCUT2D eigenvalue weighted by Gasteiger charge is -2.35. The predicted molar refractivity (Wildman–Crippen MR) is 71.4 cm³/mol. The van der Waals surface area contributed by atoms with Crippen molar-refractivity contribution < 1.29 is 14.2 Å². The quantitative estimate of drug-likeness (QED) is 0.918. The Morgan fingerprint density at radius 1 is 1.33 bits per heavy atom. The Labute approximate surface area is 112 Å². The lowest BCUT2D eigenvalue weighted by atomic mass is 10.2. The van der Waals surface area contributed by atoms with E-state index in [2.05, 4.69) is 5.32 Å². The summed E-state index contributed by atoms with van der Waals surface area (Å²) in [6.07, 6.45) is 0. The number of rotatable bonds is 3. The van der Waals surface area contributed by atoms with E-state index in [4.69, 9.17) is 25.8 Å². The molecule has 1 saturated heterocycles. The summed E-state index contributed by atoms with van der Waals surface area (Å²) in [5, 5.41) is 3.95. The summed E-state index contributed by atoms with van der Waals surface area (Å²) >= 11 is 6.13. The van der Waals surface area contributed by atoms with Crippen LogP contribution >= 0.6 is 11.6 Å². The van der Waals surface area contributed by atoms with Gasteiger partial charge < -0.3 is 19.5 Å². The Kier molecular flexibility index (Phi) is 4.00. The van der Waals surface area contributed by atoms with E-state index in [1.54, 1.807) is 13.2 Å². The highest BCUT2D eigenvalue weighted by molar-refractivity contribution is 6.33. The number of hydrogen-bond acceptors (Lipinski definition) is 4. The highest BCUT2D eigenvalue weighted by Crippen LogP contribution is 2.28. The van der Waals surface area contributed by atoms with Gasteiger partial charge in [0, 0.05) is 6.07 Å². The number of methoxy groups -OCH3 is 1. The molecule has 1 aliphatic rings. The van der Waals surface area contributed by atoms with Crippen molar-refractivity contribution in [1.29, 1.82) is 0 Å². The molecule has 0 saturated carbocycles. The van der Waals surface area contributed by atoms with Gasteiger partial charge in [0.05, 0.1) is 37.1 Å². The van der Waals surface area contributed by atoms with Crippen LogP contribution in [0.3, 0.4) is 0 Å². The monoisotopic (exact) mass is 271 g/mol. The van der Waals surface area contributed by atoms with Crippen molar-refractivity contribution in [2.75, 3.05) is 25.6 Å². The van der Waals surface area contributed by atoms with Crippen LogP contribution in [0.15, 0.2) is 18.2 Å². The molecule has 1 heterocycles. The standard InChI is InChI=1S/C13H18ClNO3/c1-13(2)17-7-9(8-18-13)15-12-6-10(16-3)4-5-11(12)14/h4-6,9,15H,7-8H2,1-3H3. The molecular weight excluding hydrogens is 254 g/mol. The predicted octanol–water partition coefficient (Wildman–Crippen LogP) is 2.91. The molecule has 4 nitrogen and oxygen atoms in total. The van der Waals surface area contributed by atoms with E-state index in [0.29, 0.717) is 18.2 Å². The normalized spacial score (nSPS) is 19.6. The Hall–Kier alpha value is -0.970. The number of hydrogen-bond donors (Lipinski definition) is 1. The molecular formula is C13H18ClNO3. The van der Waals surface area contributed by atoms with Crippen LogP contribution in [-0.4, -0.2) is 32.2 Å². The summed E-state index contributed by atoms with van der Waals surface area (Å²) in [5.41, 5.74) is 0.827. The van der Waals surface area contributed by atoms with Gasteiger partial charge in [-0.15, -0.1) is 0 Å². The molecule has 1 N–H and O–H groups in total. The van der Waals surface area contributed by atoms with E-state index >= 15 is 0 Å². The lowest BCUT2D eigenvalue weighted by molar-refractivity contribution is -0.247. The van der Waals surface area contributed by atoms with E-state index in [9.17, 15) is 0 Å². The van der Waals surface area contributed by atoms with Crippen LogP contribution in [-0.2, 0) is 9.47 Å². The Morgan fingerprint density at radius 3 is 2.61 bits per heavy atom. The van der Waals surface area contributed by atoms with Gasteiger partial charge in [0.15, 0.2) is 5.79 Å². The number of nitrogens with one attached hydrogen (secondary N) is 1. The SMILES string of the molecule is COc1ccc(Cl)c(NC2COC(C)(C)OC2)c1. The summed E-state index contributed by atoms with van der Waals surface area (Å²) in [7, 11) is 1.63. The second kappa shape index (κ2) is 5.34. The third-order valence-corrected chi connectivity index (χ3v) is 3.13. The average Bonchev–Trinajstić information content (AvgIpc) is 2.34. The number of ether oxygens (including phenoxy) is 3. The maximum atomic E-state index is 6.13. The first kappa shape index (κ1) is 13.5. The molecule has 0 atom stereocenters. The number of halogens is 1.